The Morgan fingerprint density at radius 2 is 1.81 bits per heavy atom. The third kappa shape index (κ3) is 4.08. The first kappa shape index (κ1) is 19.6. The molecule has 3 rings (SSSR count). The predicted octanol–water partition coefficient (Wildman–Crippen LogP) is -0.0806. The molecule has 0 saturated carbocycles. The molecule has 9 nitrogen and oxygen atoms in total. The lowest BCUT2D eigenvalue weighted by Gasteiger charge is -2.38. The summed E-state index contributed by atoms with van der Waals surface area (Å²) in [6.45, 7) is 0. The molecule has 1 unspecified atom stereocenters. The van der Waals surface area contributed by atoms with Crippen LogP contribution in [0.15, 0.2) is 42.6 Å². The van der Waals surface area contributed by atoms with Crippen LogP contribution in [0.2, 0.25) is 0 Å². The first-order valence-corrected chi connectivity index (χ1v) is 9.22. The second-order valence-electron chi connectivity index (χ2n) is 5.83. The maximum absolute atomic E-state index is 14.1. The molecule has 0 amide bonds. The Bertz CT molecular complexity index is 910. The van der Waals surface area contributed by atoms with Gasteiger partial charge in [-0.1, -0.05) is 6.07 Å². The first-order chi connectivity index (χ1) is 12.7. The maximum Gasteiger partial charge on any atom is 0.295 e. The topological polar surface area (TPSA) is 146 Å². The molecule has 0 aliphatic carbocycles. The SMILES string of the molecule is O=S(=O)(O)C1O[C@@H](Oc2ccc(F)c(-c3ccccn3)c2)[C@H](O)[C@@H](O)[C@@H]1O. The quantitative estimate of drug-likeness (QED) is 0.517. The number of rotatable bonds is 4. The predicted molar refractivity (Wildman–Crippen MR) is 88.5 cm³/mol. The average Bonchev–Trinajstić information content (AvgIpc) is 2.63. The number of nitrogens with zero attached hydrogens (tertiary/aromatic N) is 1. The molecule has 1 aliphatic heterocycles. The van der Waals surface area contributed by atoms with Gasteiger partial charge in [-0.3, -0.25) is 9.54 Å². The number of hydrogen-bond donors (Lipinski definition) is 4. The third-order valence-corrected chi connectivity index (χ3v) is 4.93. The molecule has 146 valence electrons. The number of pyridine rings is 1. The summed E-state index contributed by atoms with van der Waals surface area (Å²) in [4.78, 5) is 4.02. The van der Waals surface area contributed by atoms with E-state index >= 15 is 0 Å². The molecule has 0 radical (unpaired) electrons. The molecule has 1 aliphatic rings. The normalized spacial score (nSPS) is 28.7. The van der Waals surface area contributed by atoms with Gasteiger partial charge in [-0.2, -0.15) is 8.42 Å². The zero-order chi connectivity index (χ0) is 19.8. The van der Waals surface area contributed by atoms with Crippen LogP contribution in [0.4, 0.5) is 4.39 Å². The van der Waals surface area contributed by atoms with E-state index in [1.165, 1.54) is 18.3 Å². The van der Waals surface area contributed by atoms with Crippen molar-refractivity contribution in [1.82, 2.24) is 4.98 Å². The first-order valence-electron chi connectivity index (χ1n) is 7.72. The van der Waals surface area contributed by atoms with Crippen molar-refractivity contribution in [2.45, 2.75) is 30.0 Å². The highest BCUT2D eigenvalue weighted by molar-refractivity contribution is 7.86. The lowest BCUT2D eigenvalue weighted by atomic mass is 10.1. The molecule has 1 aromatic heterocycles. The minimum atomic E-state index is -4.91. The minimum absolute atomic E-state index is 0.0289. The molecular weight excluding hydrogens is 385 g/mol. The number of halogens is 1. The van der Waals surface area contributed by atoms with E-state index in [2.05, 4.69) is 4.98 Å². The van der Waals surface area contributed by atoms with Crippen molar-refractivity contribution in [1.29, 1.82) is 0 Å². The van der Waals surface area contributed by atoms with Gasteiger partial charge >= 0.3 is 0 Å². The monoisotopic (exact) mass is 401 g/mol. The van der Waals surface area contributed by atoms with Crippen molar-refractivity contribution in [2.24, 2.45) is 0 Å². The fourth-order valence-electron chi connectivity index (χ4n) is 2.59. The van der Waals surface area contributed by atoms with Gasteiger partial charge in [-0.25, -0.2) is 4.39 Å². The zero-order valence-corrected chi connectivity index (χ0v) is 14.4. The summed E-state index contributed by atoms with van der Waals surface area (Å²) >= 11 is 0. The van der Waals surface area contributed by atoms with Gasteiger partial charge in [-0.05, 0) is 30.3 Å². The van der Waals surface area contributed by atoms with Crippen LogP contribution >= 0.6 is 0 Å². The van der Waals surface area contributed by atoms with Crippen LogP contribution < -0.4 is 4.74 Å². The van der Waals surface area contributed by atoms with Crippen molar-refractivity contribution in [3.8, 4) is 17.0 Å². The Morgan fingerprint density at radius 1 is 1.07 bits per heavy atom. The molecule has 5 atom stereocenters. The van der Waals surface area contributed by atoms with Crippen LogP contribution in [0.1, 0.15) is 0 Å². The summed E-state index contributed by atoms with van der Waals surface area (Å²) in [6, 6.07) is 8.36. The number of benzene rings is 1. The highest BCUT2D eigenvalue weighted by atomic mass is 32.2. The van der Waals surface area contributed by atoms with Gasteiger partial charge in [0, 0.05) is 11.8 Å². The van der Waals surface area contributed by atoms with E-state index < -0.39 is 46.0 Å². The third-order valence-electron chi connectivity index (χ3n) is 3.95. The standard InChI is InChI=1S/C16H16FNO8S/c17-10-5-4-8(7-9(10)11-3-1-2-6-18-11)25-15-13(20)12(19)14(21)16(26-15)27(22,23)24/h1-7,12-16,19-21H,(H,22,23,24)/t12-,13-,14+,15-,16?/m1/s1. The maximum atomic E-state index is 14.1. The molecule has 0 spiro atoms. The van der Waals surface area contributed by atoms with E-state index in [4.69, 9.17) is 14.0 Å². The van der Waals surface area contributed by atoms with Crippen molar-refractivity contribution in [3.63, 3.8) is 0 Å². The van der Waals surface area contributed by atoms with E-state index in [0.717, 1.165) is 6.07 Å². The zero-order valence-electron chi connectivity index (χ0n) is 13.6. The highest BCUT2D eigenvalue weighted by Crippen LogP contribution is 2.30. The van der Waals surface area contributed by atoms with Gasteiger partial charge in [0.1, 0.15) is 29.9 Å². The van der Waals surface area contributed by atoms with Gasteiger partial charge in [0.05, 0.1) is 5.69 Å². The molecule has 4 N–H and O–H groups in total. The number of ether oxygens (including phenoxy) is 2. The van der Waals surface area contributed by atoms with Crippen LogP contribution in [0, 0.1) is 5.82 Å². The largest absolute Gasteiger partial charge is 0.462 e. The van der Waals surface area contributed by atoms with Crippen molar-refractivity contribution in [3.05, 3.63) is 48.4 Å². The Kier molecular flexibility index (Phi) is 5.42. The number of aliphatic hydroxyl groups is 3. The molecule has 2 heterocycles. The highest BCUT2D eigenvalue weighted by Gasteiger charge is 2.50. The van der Waals surface area contributed by atoms with Crippen LogP contribution in [0.5, 0.6) is 5.75 Å². The molecule has 11 heteroatoms. The van der Waals surface area contributed by atoms with E-state index in [9.17, 15) is 28.1 Å². The minimum Gasteiger partial charge on any atom is -0.462 e. The second-order valence-corrected chi connectivity index (χ2v) is 7.33. The molecule has 1 fully saturated rings. The van der Waals surface area contributed by atoms with E-state index in [-0.39, 0.29) is 11.3 Å². The Balaban J connectivity index is 1.88. The number of hydrogen-bond acceptors (Lipinski definition) is 8. The van der Waals surface area contributed by atoms with Gasteiger partial charge in [-0.15, -0.1) is 0 Å². The van der Waals surface area contributed by atoms with Crippen molar-refractivity contribution < 1.29 is 42.2 Å². The summed E-state index contributed by atoms with van der Waals surface area (Å²) in [5.74, 6) is -0.629. The Morgan fingerprint density at radius 3 is 2.44 bits per heavy atom. The van der Waals surface area contributed by atoms with Gasteiger partial charge in [0.2, 0.25) is 11.7 Å². The number of aliphatic hydroxyl groups excluding tert-OH is 3. The summed E-state index contributed by atoms with van der Waals surface area (Å²) in [5.41, 5.74) is -1.85. The van der Waals surface area contributed by atoms with Gasteiger partial charge in [0.25, 0.3) is 10.1 Å². The van der Waals surface area contributed by atoms with Gasteiger partial charge in [0.15, 0.2) is 0 Å². The van der Waals surface area contributed by atoms with E-state index in [0.29, 0.717) is 5.69 Å². The van der Waals surface area contributed by atoms with Gasteiger partial charge < -0.3 is 24.8 Å². The average molecular weight is 401 g/mol. The summed E-state index contributed by atoms with van der Waals surface area (Å²) in [6.07, 6.45) is -6.18. The molecule has 1 aromatic carbocycles. The van der Waals surface area contributed by atoms with Crippen molar-refractivity contribution in [2.75, 3.05) is 0 Å². The summed E-state index contributed by atoms with van der Waals surface area (Å²) in [5, 5.41) is 29.4. The Labute approximate surface area is 153 Å². The summed E-state index contributed by atoms with van der Waals surface area (Å²) in [7, 11) is -4.91. The van der Waals surface area contributed by atoms with Crippen LogP contribution in [-0.2, 0) is 14.9 Å². The lowest BCUT2D eigenvalue weighted by molar-refractivity contribution is -0.254. The molecule has 2 aromatic rings. The second kappa shape index (κ2) is 7.46. The summed E-state index contributed by atoms with van der Waals surface area (Å²) < 4.78 is 56.0. The van der Waals surface area contributed by atoms with Crippen LogP contribution in [-0.4, -0.2) is 63.3 Å². The fraction of sp³-hybridized carbons (Fsp3) is 0.312. The van der Waals surface area contributed by atoms with Crippen molar-refractivity contribution >= 4 is 10.1 Å². The number of aromatic nitrogens is 1. The molecule has 27 heavy (non-hydrogen) atoms. The van der Waals surface area contributed by atoms with Crippen LogP contribution in [0.3, 0.4) is 0 Å². The molecule has 1 saturated heterocycles. The smallest absolute Gasteiger partial charge is 0.295 e. The van der Waals surface area contributed by atoms with Crippen LogP contribution in [0.25, 0.3) is 11.3 Å². The molecule has 0 bridgehead atoms. The lowest BCUT2D eigenvalue weighted by Crippen LogP contribution is -2.61. The molecular formula is C16H16FNO8S. The Hall–Kier alpha value is -2.15. The van der Waals surface area contributed by atoms with E-state index in [1.54, 1.807) is 18.2 Å². The fourth-order valence-corrected chi connectivity index (χ4v) is 3.35. The van der Waals surface area contributed by atoms with E-state index in [1.807, 2.05) is 0 Å².